The third kappa shape index (κ3) is 9.68. The number of hydrogen-bond donors (Lipinski definition) is 3. The lowest BCUT2D eigenvalue weighted by Crippen LogP contribution is -2.23. The molecule has 0 heterocycles. The van der Waals surface area contributed by atoms with Gasteiger partial charge >= 0.3 is 0 Å². The Morgan fingerprint density at radius 3 is 1.83 bits per heavy atom. The van der Waals surface area contributed by atoms with E-state index in [1.165, 1.54) is 11.1 Å². The summed E-state index contributed by atoms with van der Waals surface area (Å²) in [6, 6.07) is 8.64. The molecule has 5 nitrogen and oxygen atoms in total. The second kappa shape index (κ2) is 10.8. The average Bonchev–Trinajstić information content (AvgIpc) is 2.51. The van der Waals surface area contributed by atoms with Crippen LogP contribution >= 0.6 is 0 Å². The maximum Gasteiger partial charge on any atom is 0.217 e. The van der Waals surface area contributed by atoms with Gasteiger partial charge in [0, 0.05) is 18.9 Å². The molecule has 1 atom stereocenters. The molecule has 0 unspecified atom stereocenters. The number of unbranched alkanes of at least 4 members (excludes halogenated alkanes) is 1. The molecule has 0 radical (unpaired) electrons. The first-order chi connectivity index (χ1) is 11.0. The molecule has 2 amide bonds. The highest BCUT2D eigenvalue weighted by Crippen LogP contribution is 2.12. The van der Waals surface area contributed by atoms with Crippen molar-refractivity contribution in [1.29, 1.82) is 0 Å². The minimum atomic E-state index is -0.285. The first kappa shape index (κ1) is 19.2. The molecule has 0 bridgehead atoms. The lowest BCUT2D eigenvalue weighted by Gasteiger charge is -2.10. The van der Waals surface area contributed by atoms with Gasteiger partial charge in [-0.1, -0.05) is 24.3 Å². The molecule has 5 heteroatoms. The van der Waals surface area contributed by atoms with Crippen molar-refractivity contribution < 1.29 is 9.59 Å². The number of carbonyl (C=O) groups is 2. The van der Waals surface area contributed by atoms with Crippen molar-refractivity contribution in [2.45, 2.75) is 63.8 Å². The van der Waals surface area contributed by atoms with Crippen LogP contribution in [0.2, 0.25) is 0 Å². The largest absolute Gasteiger partial charge is 0.370 e. The third-order valence-corrected chi connectivity index (χ3v) is 3.96. The zero-order valence-corrected chi connectivity index (χ0v) is 13.8. The summed E-state index contributed by atoms with van der Waals surface area (Å²) in [7, 11) is 0. The summed E-state index contributed by atoms with van der Waals surface area (Å²) >= 11 is 0. The van der Waals surface area contributed by atoms with Crippen LogP contribution in [0.5, 0.6) is 0 Å². The Balaban J connectivity index is 2.20. The number of hydrogen-bond acceptors (Lipinski definition) is 3. The molecule has 6 N–H and O–H groups in total. The van der Waals surface area contributed by atoms with Gasteiger partial charge in [0.05, 0.1) is 0 Å². The fourth-order valence-electron chi connectivity index (χ4n) is 2.54. The van der Waals surface area contributed by atoms with Crippen molar-refractivity contribution in [3.05, 3.63) is 35.4 Å². The van der Waals surface area contributed by atoms with Gasteiger partial charge in [0.1, 0.15) is 0 Å². The summed E-state index contributed by atoms with van der Waals surface area (Å²) < 4.78 is 0. The van der Waals surface area contributed by atoms with Crippen LogP contribution in [0.3, 0.4) is 0 Å². The number of aryl methyl sites for hydroxylation is 2. The number of carbonyl (C=O) groups excluding carboxylic acids is 2. The first-order valence-electron chi connectivity index (χ1n) is 8.37. The van der Waals surface area contributed by atoms with E-state index < -0.39 is 0 Å². The summed E-state index contributed by atoms with van der Waals surface area (Å²) in [4.78, 5) is 21.4. The minimum Gasteiger partial charge on any atom is -0.370 e. The predicted molar refractivity (Wildman–Crippen MR) is 92.5 cm³/mol. The Bertz CT molecular complexity index is 486. The highest BCUT2D eigenvalue weighted by atomic mass is 16.1. The van der Waals surface area contributed by atoms with Gasteiger partial charge < -0.3 is 17.2 Å². The molecule has 1 aromatic rings. The van der Waals surface area contributed by atoms with Crippen LogP contribution in [-0.4, -0.2) is 17.9 Å². The Hall–Kier alpha value is -1.88. The number of primary amides is 2. The highest BCUT2D eigenvalue weighted by molar-refractivity contribution is 5.73. The van der Waals surface area contributed by atoms with Crippen molar-refractivity contribution in [3.63, 3.8) is 0 Å². The van der Waals surface area contributed by atoms with E-state index >= 15 is 0 Å². The fourth-order valence-corrected chi connectivity index (χ4v) is 2.54. The number of rotatable bonds is 12. The van der Waals surface area contributed by atoms with E-state index in [0.717, 1.165) is 38.5 Å². The Morgan fingerprint density at radius 2 is 1.30 bits per heavy atom. The van der Waals surface area contributed by atoms with Gasteiger partial charge in [0.2, 0.25) is 11.8 Å². The molecular weight excluding hydrogens is 290 g/mol. The molecule has 0 aliphatic rings. The van der Waals surface area contributed by atoms with E-state index in [9.17, 15) is 9.59 Å². The van der Waals surface area contributed by atoms with Crippen molar-refractivity contribution in [2.75, 3.05) is 0 Å². The molecule has 0 aromatic heterocycles. The maximum atomic E-state index is 10.7. The molecule has 0 saturated heterocycles. The second-order valence-corrected chi connectivity index (χ2v) is 6.15. The number of benzene rings is 1. The van der Waals surface area contributed by atoms with Crippen LogP contribution in [0.25, 0.3) is 0 Å². The fraction of sp³-hybridized carbons (Fsp3) is 0.556. The zero-order valence-electron chi connectivity index (χ0n) is 13.8. The van der Waals surface area contributed by atoms with Gasteiger partial charge in [0.25, 0.3) is 0 Å². The molecule has 0 aliphatic carbocycles. The van der Waals surface area contributed by atoms with Crippen molar-refractivity contribution in [3.8, 4) is 0 Å². The van der Waals surface area contributed by atoms with Crippen LogP contribution in [0, 0.1) is 0 Å². The Labute approximate surface area is 138 Å². The maximum absolute atomic E-state index is 10.7. The van der Waals surface area contributed by atoms with Gasteiger partial charge in [-0.25, -0.2) is 0 Å². The number of amides is 2. The smallest absolute Gasteiger partial charge is 0.217 e. The molecular formula is C18H29N3O2. The molecule has 0 saturated carbocycles. The molecule has 1 rings (SSSR count). The average molecular weight is 319 g/mol. The lowest BCUT2D eigenvalue weighted by atomic mass is 10.00. The Kier molecular flexibility index (Phi) is 8.98. The Morgan fingerprint density at radius 1 is 0.783 bits per heavy atom. The van der Waals surface area contributed by atoms with Crippen molar-refractivity contribution in [1.82, 2.24) is 0 Å². The number of nitrogens with two attached hydrogens (primary N) is 3. The van der Waals surface area contributed by atoms with Crippen molar-refractivity contribution >= 4 is 11.8 Å². The van der Waals surface area contributed by atoms with Crippen LogP contribution in [-0.2, 0) is 22.4 Å². The van der Waals surface area contributed by atoms with Gasteiger partial charge in [-0.05, 0) is 56.1 Å². The SMILES string of the molecule is NC(=O)CCCCc1ccc(CCC[C@@H](N)CCC(N)=O)cc1. The van der Waals surface area contributed by atoms with Crippen LogP contribution in [0.4, 0.5) is 0 Å². The third-order valence-electron chi connectivity index (χ3n) is 3.96. The first-order valence-corrected chi connectivity index (χ1v) is 8.37. The van der Waals surface area contributed by atoms with Gasteiger partial charge in [-0.15, -0.1) is 0 Å². The van der Waals surface area contributed by atoms with E-state index in [1.54, 1.807) is 0 Å². The van der Waals surface area contributed by atoms with Crippen LogP contribution in [0.15, 0.2) is 24.3 Å². The minimum absolute atomic E-state index is 0.0482. The molecule has 1 aromatic carbocycles. The standard InChI is InChI=1S/C18H29N3O2/c19-16(12-13-18(21)23)6-3-5-15-10-8-14(9-11-15)4-1-2-7-17(20)22/h8-11,16H,1-7,12-13,19H2,(H2,20,22)(H2,21,23)/t16-/m1/s1. The summed E-state index contributed by atoms with van der Waals surface area (Å²) in [6.07, 6.45) is 7.22. The second-order valence-electron chi connectivity index (χ2n) is 6.15. The van der Waals surface area contributed by atoms with E-state index in [0.29, 0.717) is 19.3 Å². The molecule has 23 heavy (non-hydrogen) atoms. The predicted octanol–water partition coefficient (Wildman–Crippen LogP) is 1.80. The summed E-state index contributed by atoms with van der Waals surface area (Å²) in [5, 5.41) is 0. The van der Waals surface area contributed by atoms with E-state index in [-0.39, 0.29) is 17.9 Å². The molecule has 0 aliphatic heterocycles. The van der Waals surface area contributed by atoms with E-state index in [2.05, 4.69) is 24.3 Å². The molecule has 0 fully saturated rings. The van der Waals surface area contributed by atoms with Crippen LogP contribution < -0.4 is 17.2 Å². The van der Waals surface area contributed by atoms with Crippen LogP contribution in [0.1, 0.15) is 56.1 Å². The van der Waals surface area contributed by atoms with Gasteiger partial charge in [0.15, 0.2) is 0 Å². The normalized spacial score (nSPS) is 12.0. The summed E-state index contributed by atoms with van der Waals surface area (Å²) in [5.41, 5.74) is 18.8. The monoisotopic (exact) mass is 319 g/mol. The van der Waals surface area contributed by atoms with Gasteiger partial charge in [-0.3, -0.25) is 9.59 Å². The van der Waals surface area contributed by atoms with E-state index in [4.69, 9.17) is 17.2 Å². The van der Waals surface area contributed by atoms with Crippen molar-refractivity contribution in [2.24, 2.45) is 17.2 Å². The summed E-state index contributed by atoms with van der Waals surface area (Å²) in [5.74, 6) is -0.513. The van der Waals surface area contributed by atoms with Gasteiger partial charge in [-0.2, -0.15) is 0 Å². The highest BCUT2D eigenvalue weighted by Gasteiger charge is 2.05. The molecule has 0 spiro atoms. The zero-order chi connectivity index (χ0) is 17.1. The molecule has 128 valence electrons. The van der Waals surface area contributed by atoms with E-state index in [1.807, 2.05) is 0 Å². The lowest BCUT2D eigenvalue weighted by molar-refractivity contribution is -0.119. The quantitative estimate of drug-likeness (QED) is 0.510. The topological polar surface area (TPSA) is 112 Å². The summed E-state index contributed by atoms with van der Waals surface area (Å²) in [6.45, 7) is 0.